The van der Waals surface area contributed by atoms with E-state index < -0.39 is 28.2 Å². The topological polar surface area (TPSA) is 64.6 Å². The largest absolute Gasteiger partial charge is 0.573 e. The van der Waals surface area contributed by atoms with Crippen LogP contribution in [-0.4, -0.2) is 21.9 Å². The molecule has 2 rings (SSSR count). The van der Waals surface area contributed by atoms with Crippen molar-refractivity contribution in [3.63, 3.8) is 0 Å². The number of methoxy groups -OCH3 is 1. The number of rotatable bonds is 6. The highest BCUT2D eigenvalue weighted by Crippen LogP contribution is 2.28. The van der Waals surface area contributed by atoms with Gasteiger partial charge in [-0.25, -0.2) is 13.1 Å². The van der Waals surface area contributed by atoms with E-state index in [0.717, 1.165) is 12.1 Å². The molecule has 0 aliphatic carbocycles. The molecule has 2 aromatic rings. The number of halogens is 3. The number of hydrogen-bond donors (Lipinski definition) is 1. The van der Waals surface area contributed by atoms with Crippen molar-refractivity contribution >= 4 is 10.0 Å². The van der Waals surface area contributed by atoms with E-state index in [-0.39, 0.29) is 4.90 Å². The van der Waals surface area contributed by atoms with Crippen molar-refractivity contribution in [1.82, 2.24) is 4.72 Å². The zero-order valence-corrected chi connectivity index (χ0v) is 14.2. The van der Waals surface area contributed by atoms with E-state index in [9.17, 15) is 21.6 Å². The molecule has 0 aromatic heterocycles. The van der Waals surface area contributed by atoms with Gasteiger partial charge in [-0.05, 0) is 25.1 Å². The summed E-state index contributed by atoms with van der Waals surface area (Å²) < 4.78 is 73.1. The molecule has 0 radical (unpaired) electrons. The van der Waals surface area contributed by atoms with Crippen LogP contribution in [0.4, 0.5) is 13.2 Å². The lowest BCUT2D eigenvalue weighted by molar-refractivity contribution is -0.274. The van der Waals surface area contributed by atoms with E-state index in [4.69, 9.17) is 4.74 Å². The van der Waals surface area contributed by atoms with Crippen LogP contribution in [0.25, 0.3) is 0 Å². The second-order valence-corrected chi connectivity index (χ2v) is 6.82. The number of hydrogen-bond acceptors (Lipinski definition) is 4. The first-order chi connectivity index (χ1) is 11.6. The van der Waals surface area contributed by atoms with Gasteiger partial charge in [-0.1, -0.05) is 24.3 Å². The van der Waals surface area contributed by atoms with Gasteiger partial charge in [-0.3, -0.25) is 0 Å². The lowest BCUT2D eigenvalue weighted by Crippen LogP contribution is -2.27. The third kappa shape index (κ3) is 5.10. The normalized spacial score (nSPS) is 13.3. The lowest BCUT2D eigenvalue weighted by atomic mass is 10.1. The summed E-state index contributed by atoms with van der Waals surface area (Å²) in [4.78, 5) is -0.337. The van der Waals surface area contributed by atoms with Gasteiger partial charge in [-0.2, -0.15) is 0 Å². The lowest BCUT2D eigenvalue weighted by Gasteiger charge is -2.17. The zero-order valence-electron chi connectivity index (χ0n) is 13.4. The Kier molecular flexibility index (Phi) is 5.58. The van der Waals surface area contributed by atoms with E-state index in [1.807, 2.05) is 0 Å². The molecule has 25 heavy (non-hydrogen) atoms. The van der Waals surface area contributed by atoms with Crippen molar-refractivity contribution in [2.45, 2.75) is 24.2 Å². The Morgan fingerprint density at radius 3 is 2.40 bits per heavy atom. The summed E-state index contributed by atoms with van der Waals surface area (Å²) in [5, 5.41) is 0. The average Bonchev–Trinajstić information content (AvgIpc) is 2.53. The smallest absolute Gasteiger partial charge is 0.496 e. The number of benzene rings is 2. The molecule has 5 nitrogen and oxygen atoms in total. The molecule has 0 saturated heterocycles. The van der Waals surface area contributed by atoms with Gasteiger partial charge in [0.2, 0.25) is 10.0 Å². The fourth-order valence-electron chi connectivity index (χ4n) is 2.23. The van der Waals surface area contributed by atoms with Gasteiger partial charge in [0.05, 0.1) is 12.0 Å². The molecule has 0 aliphatic heterocycles. The number of para-hydroxylation sites is 1. The Bertz CT molecular complexity index is 837. The maximum atomic E-state index is 12.4. The van der Waals surface area contributed by atoms with Crippen LogP contribution in [0.2, 0.25) is 0 Å². The summed E-state index contributed by atoms with van der Waals surface area (Å²) in [7, 11) is -2.61. The molecule has 1 atom stereocenters. The minimum atomic E-state index is -4.90. The van der Waals surface area contributed by atoms with Crippen molar-refractivity contribution in [1.29, 1.82) is 0 Å². The van der Waals surface area contributed by atoms with Gasteiger partial charge >= 0.3 is 6.36 Å². The molecule has 9 heteroatoms. The van der Waals surface area contributed by atoms with Crippen LogP contribution in [0.3, 0.4) is 0 Å². The second kappa shape index (κ2) is 7.32. The van der Waals surface area contributed by atoms with E-state index in [0.29, 0.717) is 11.3 Å². The van der Waals surface area contributed by atoms with Crippen molar-refractivity contribution in [2.24, 2.45) is 0 Å². The Balaban J connectivity index is 2.26. The summed E-state index contributed by atoms with van der Waals surface area (Å²) in [6.07, 6.45) is -4.90. The first-order valence-corrected chi connectivity index (χ1v) is 8.62. The van der Waals surface area contributed by atoms with Crippen LogP contribution in [-0.2, 0) is 10.0 Å². The minimum absolute atomic E-state index is 0.337. The molecule has 1 N–H and O–H groups in total. The zero-order chi connectivity index (χ0) is 18.7. The van der Waals surface area contributed by atoms with E-state index in [1.54, 1.807) is 31.2 Å². The molecule has 0 fully saturated rings. The first kappa shape index (κ1) is 19.1. The molecule has 0 spiro atoms. The third-order valence-electron chi connectivity index (χ3n) is 3.29. The summed E-state index contributed by atoms with van der Waals surface area (Å²) >= 11 is 0. The van der Waals surface area contributed by atoms with E-state index >= 15 is 0 Å². The highest BCUT2D eigenvalue weighted by Gasteiger charge is 2.31. The van der Waals surface area contributed by atoms with Gasteiger partial charge in [0.25, 0.3) is 0 Å². The quantitative estimate of drug-likeness (QED) is 0.837. The summed E-state index contributed by atoms with van der Waals surface area (Å²) in [6.45, 7) is 1.60. The van der Waals surface area contributed by atoms with E-state index in [1.165, 1.54) is 19.2 Å². The number of alkyl halides is 3. The molecule has 0 unspecified atom stereocenters. The maximum Gasteiger partial charge on any atom is 0.573 e. The second-order valence-electron chi connectivity index (χ2n) is 5.11. The molecule has 0 saturated carbocycles. The Hall–Kier alpha value is -2.26. The Morgan fingerprint density at radius 2 is 1.76 bits per heavy atom. The fourth-order valence-corrected chi connectivity index (χ4v) is 3.48. The van der Waals surface area contributed by atoms with Crippen LogP contribution >= 0.6 is 0 Å². The summed E-state index contributed by atoms with van der Waals surface area (Å²) in [5.74, 6) is -0.118. The van der Waals surface area contributed by atoms with Crippen LogP contribution in [0.15, 0.2) is 53.4 Å². The van der Waals surface area contributed by atoms with Gasteiger partial charge in [0.15, 0.2) is 0 Å². The molecule has 136 valence electrons. The minimum Gasteiger partial charge on any atom is -0.496 e. The predicted molar refractivity (Wildman–Crippen MR) is 84.9 cm³/mol. The highest BCUT2D eigenvalue weighted by molar-refractivity contribution is 7.89. The van der Waals surface area contributed by atoms with Crippen LogP contribution in [0, 0.1) is 0 Å². The molecular formula is C16H16F3NO4S. The molecule has 2 aromatic carbocycles. The standard InChI is InChI=1S/C16H16F3NO4S/c1-11(14-8-3-4-9-15(14)23-2)20-25(21,22)13-7-5-6-12(10-13)24-16(17,18)19/h3-11,20H,1-2H3/t11-/m1/s1. The van der Waals surface area contributed by atoms with Crippen molar-refractivity contribution in [3.8, 4) is 11.5 Å². The van der Waals surface area contributed by atoms with Gasteiger partial charge in [0, 0.05) is 17.7 Å². The van der Waals surface area contributed by atoms with Gasteiger partial charge in [0.1, 0.15) is 11.5 Å². The average molecular weight is 375 g/mol. The number of nitrogens with one attached hydrogen (secondary N) is 1. The van der Waals surface area contributed by atoms with Crippen LogP contribution in [0.5, 0.6) is 11.5 Å². The van der Waals surface area contributed by atoms with E-state index in [2.05, 4.69) is 9.46 Å². The Morgan fingerprint density at radius 1 is 1.08 bits per heavy atom. The molecule has 0 heterocycles. The van der Waals surface area contributed by atoms with Gasteiger partial charge < -0.3 is 9.47 Å². The van der Waals surface area contributed by atoms with Crippen LogP contribution < -0.4 is 14.2 Å². The van der Waals surface area contributed by atoms with Crippen molar-refractivity contribution in [2.75, 3.05) is 7.11 Å². The van der Waals surface area contributed by atoms with Gasteiger partial charge in [-0.15, -0.1) is 13.2 Å². The predicted octanol–water partition coefficient (Wildman–Crippen LogP) is 3.63. The van der Waals surface area contributed by atoms with Crippen LogP contribution in [0.1, 0.15) is 18.5 Å². The highest BCUT2D eigenvalue weighted by atomic mass is 32.2. The summed E-state index contributed by atoms with van der Waals surface area (Å²) in [6, 6.07) is 10.4. The number of sulfonamides is 1. The number of ether oxygens (including phenoxy) is 2. The SMILES string of the molecule is COc1ccccc1[C@@H](C)NS(=O)(=O)c1cccc(OC(F)(F)F)c1. The first-order valence-electron chi connectivity index (χ1n) is 7.13. The Labute approximate surface area is 143 Å². The molecular weight excluding hydrogens is 359 g/mol. The molecule has 0 aliphatic rings. The van der Waals surface area contributed by atoms with Crippen molar-refractivity contribution < 1.29 is 31.1 Å². The summed E-state index contributed by atoms with van der Waals surface area (Å²) in [5.41, 5.74) is 0.594. The maximum absolute atomic E-state index is 12.4. The molecule has 0 bridgehead atoms. The van der Waals surface area contributed by atoms with Crippen molar-refractivity contribution in [3.05, 3.63) is 54.1 Å². The molecule has 0 amide bonds. The monoisotopic (exact) mass is 375 g/mol. The third-order valence-corrected chi connectivity index (χ3v) is 4.83. The fraction of sp³-hybridized carbons (Fsp3) is 0.250.